The molecule has 134 valence electrons. The van der Waals surface area contributed by atoms with Crippen LogP contribution in [-0.4, -0.2) is 30.0 Å². The molecule has 1 saturated heterocycles. The number of amides is 1. The highest BCUT2D eigenvalue weighted by Gasteiger charge is 2.24. The van der Waals surface area contributed by atoms with Crippen molar-refractivity contribution in [3.8, 4) is 28.2 Å². The molecule has 0 bridgehead atoms. The summed E-state index contributed by atoms with van der Waals surface area (Å²) >= 11 is 0. The molecule has 1 amide bonds. The van der Waals surface area contributed by atoms with Gasteiger partial charge in [0.25, 0.3) is 0 Å². The highest BCUT2D eigenvalue weighted by atomic mass is 16.5. The minimum absolute atomic E-state index is 0.142. The average molecular weight is 349 g/mol. The second kappa shape index (κ2) is 7.24. The van der Waals surface area contributed by atoms with E-state index < -0.39 is 0 Å². The van der Waals surface area contributed by atoms with Crippen LogP contribution in [0.25, 0.3) is 22.5 Å². The summed E-state index contributed by atoms with van der Waals surface area (Å²) in [4.78, 5) is 13.8. The third kappa shape index (κ3) is 3.19. The largest absolute Gasteiger partial charge is 0.490 e. The number of carbonyl (C=O) groups excluding carboxylic acids is 1. The van der Waals surface area contributed by atoms with Crippen LogP contribution < -0.4 is 4.74 Å². The van der Waals surface area contributed by atoms with Crippen molar-refractivity contribution in [3.63, 3.8) is 0 Å². The molecular formula is C22H23NO3. The second-order valence-electron chi connectivity index (χ2n) is 6.69. The molecule has 0 aromatic heterocycles. The Morgan fingerprint density at radius 1 is 1.04 bits per heavy atom. The average Bonchev–Trinajstić information content (AvgIpc) is 3.12. The summed E-state index contributed by atoms with van der Waals surface area (Å²) in [6, 6.07) is 16.2. The Balaban J connectivity index is 1.53. The number of hydrogen-bond donors (Lipinski definition) is 0. The van der Waals surface area contributed by atoms with E-state index in [1.54, 1.807) is 6.26 Å². The van der Waals surface area contributed by atoms with Gasteiger partial charge >= 0.3 is 0 Å². The van der Waals surface area contributed by atoms with Crippen molar-refractivity contribution in [3.05, 3.63) is 54.8 Å². The fraction of sp³-hybridized carbons (Fsp3) is 0.318. The highest BCUT2D eigenvalue weighted by molar-refractivity contribution is 5.86. The van der Waals surface area contributed by atoms with Gasteiger partial charge < -0.3 is 14.1 Å². The first-order valence-corrected chi connectivity index (χ1v) is 9.26. The van der Waals surface area contributed by atoms with Crippen molar-refractivity contribution in [2.45, 2.75) is 32.3 Å². The van der Waals surface area contributed by atoms with Crippen LogP contribution in [0.5, 0.6) is 5.75 Å². The number of nitrogens with zero attached hydrogens (tertiary/aromatic N) is 1. The topological polar surface area (TPSA) is 42.7 Å². The van der Waals surface area contributed by atoms with E-state index in [0.717, 1.165) is 54.1 Å². The summed E-state index contributed by atoms with van der Waals surface area (Å²) < 4.78 is 11.9. The van der Waals surface area contributed by atoms with Gasteiger partial charge in [0.15, 0.2) is 0 Å². The molecule has 26 heavy (non-hydrogen) atoms. The van der Waals surface area contributed by atoms with Gasteiger partial charge in [-0.25, -0.2) is 0 Å². The standard InChI is InChI=1S/C22H23NO3/c1-2-22(24)23-13-11-16(12-14-23)26-21-8-4-3-6-19(21)17-9-10-20-18(17)7-5-15-25-20/h3-10,15-16H,2,11-14H2,1H3. The van der Waals surface area contributed by atoms with Gasteiger partial charge in [-0.15, -0.1) is 0 Å². The van der Waals surface area contributed by atoms with Gasteiger partial charge in [-0.05, 0) is 35.9 Å². The monoisotopic (exact) mass is 349 g/mol. The van der Waals surface area contributed by atoms with Crippen LogP contribution in [0.2, 0.25) is 0 Å². The van der Waals surface area contributed by atoms with Gasteiger partial charge in [0.1, 0.15) is 17.6 Å². The third-order valence-corrected chi connectivity index (χ3v) is 5.06. The molecule has 0 atom stereocenters. The molecule has 0 spiro atoms. The normalized spacial score (nSPS) is 15.3. The van der Waals surface area contributed by atoms with Crippen molar-refractivity contribution < 1.29 is 13.9 Å². The number of fused-ring (bicyclic) bond motifs is 1. The summed E-state index contributed by atoms with van der Waals surface area (Å²) in [6.07, 6.45) is 4.15. The molecule has 4 rings (SSSR count). The van der Waals surface area contributed by atoms with E-state index in [0.29, 0.717) is 6.42 Å². The van der Waals surface area contributed by atoms with Crippen LogP contribution in [-0.2, 0) is 4.79 Å². The van der Waals surface area contributed by atoms with Crippen LogP contribution in [0.15, 0.2) is 59.2 Å². The number of benzene rings is 1. The van der Waals surface area contributed by atoms with Gasteiger partial charge in [0, 0.05) is 43.5 Å². The number of piperidine rings is 1. The van der Waals surface area contributed by atoms with Crippen LogP contribution in [0, 0.1) is 0 Å². The molecule has 1 aromatic carbocycles. The van der Waals surface area contributed by atoms with Gasteiger partial charge in [0.05, 0.1) is 6.26 Å². The zero-order valence-electron chi connectivity index (χ0n) is 15.0. The molecular weight excluding hydrogens is 326 g/mol. The van der Waals surface area contributed by atoms with E-state index in [1.165, 1.54) is 0 Å². The molecule has 0 unspecified atom stereocenters. The third-order valence-electron chi connectivity index (χ3n) is 5.06. The quantitative estimate of drug-likeness (QED) is 0.677. The Hall–Kier alpha value is -2.75. The maximum absolute atomic E-state index is 11.8. The van der Waals surface area contributed by atoms with E-state index in [1.807, 2.05) is 42.2 Å². The Kier molecular flexibility index (Phi) is 4.65. The van der Waals surface area contributed by atoms with E-state index in [4.69, 9.17) is 9.15 Å². The highest BCUT2D eigenvalue weighted by Crippen LogP contribution is 2.40. The number of rotatable bonds is 4. The predicted molar refractivity (Wildman–Crippen MR) is 101 cm³/mol. The van der Waals surface area contributed by atoms with Gasteiger partial charge in [-0.3, -0.25) is 4.79 Å². The zero-order valence-corrected chi connectivity index (χ0v) is 15.0. The number of carbonyl (C=O) groups is 1. The predicted octanol–water partition coefficient (Wildman–Crippen LogP) is 4.83. The van der Waals surface area contributed by atoms with Crippen LogP contribution >= 0.6 is 0 Å². The molecule has 0 N–H and O–H groups in total. The summed E-state index contributed by atoms with van der Waals surface area (Å²) in [5, 5.41) is 0. The first kappa shape index (κ1) is 16.7. The summed E-state index contributed by atoms with van der Waals surface area (Å²) in [5.41, 5.74) is 3.29. The van der Waals surface area contributed by atoms with Crippen molar-refractivity contribution in [1.29, 1.82) is 0 Å². The minimum Gasteiger partial charge on any atom is -0.490 e. The molecule has 2 heterocycles. The van der Waals surface area contributed by atoms with Crippen molar-refractivity contribution in [1.82, 2.24) is 4.90 Å². The Labute approximate surface area is 153 Å². The lowest BCUT2D eigenvalue weighted by Crippen LogP contribution is -2.41. The van der Waals surface area contributed by atoms with Crippen molar-refractivity contribution in [2.75, 3.05) is 13.1 Å². The summed E-state index contributed by atoms with van der Waals surface area (Å²) in [7, 11) is 0. The molecule has 2 aliphatic heterocycles. The zero-order chi connectivity index (χ0) is 17.9. The fourth-order valence-electron chi connectivity index (χ4n) is 3.65. The maximum Gasteiger partial charge on any atom is 0.222 e. The van der Waals surface area contributed by atoms with Crippen LogP contribution in [0.3, 0.4) is 0 Å². The number of hydrogen-bond acceptors (Lipinski definition) is 3. The van der Waals surface area contributed by atoms with Gasteiger partial charge in [0.2, 0.25) is 5.91 Å². The lowest BCUT2D eigenvalue weighted by Gasteiger charge is -2.32. The number of para-hydroxylation sites is 1. The van der Waals surface area contributed by atoms with E-state index >= 15 is 0 Å². The van der Waals surface area contributed by atoms with E-state index in [9.17, 15) is 4.79 Å². The smallest absolute Gasteiger partial charge is 0.222 e. The molecule has 1 fully saturated rings. The molecule has 0 saturated carbocycles. The second-order valence-corrected chi connectivity index (χ2v) is 6.69. The molecule has 1 aliphatic carbocycles. The van der Waals surface area contributed by atoms with Crippen LogP contribution in [0.4, 0.5) is 0 Å². The Bertz CT molecular complexity index is 861. The molecule has 1 aromatic rings. The van der Waals surface area contributed by atoms with Gasteiger partial charge in [-0.2, -0.15) is 0 Å². The van der Waals surface area contributed by atoms with Crippen molar-refractivity contribution >= 4 is 5.91 Å². The first-order valence-electron chi connectivity index (χ1n) is 9.26. The van der Waals surface area contributed by atoms with Gasteiger partial charge in [-0.1, -0.05) is 25.1 Å². The molecule has 3 aliphatic rings. The lowest BCUT2D eigenvalue weighted by molar-refractivity contribution is -0.132. The number of ether oxygens (including phenoxy) is 1. The van der Waals surface area contributed by atoms with E-state index in [-0.39, 0.29) is 12.0 Å². The molecule has 0 radical (unpaired) electrons. The lowest BCUT2D eigenvalue weighted by atomic mass is 10.0. The fourth-order valence-corrected chi connectivity index (χ4v) is 3.65. The minimum atomic E-state index is 0.142. The Morgan fingerprint density at radius 3 is 2.62 bits per heavy atom. The Morgan fingerprint density at radius 2 is 1.81 bits per heavy atom. The maximum atomic E-state index is 11.8. The molecule has 4 nitrogen and oxygen atoms in total. The summed E-state index contributed by atoms with van der Waals surface area (Å²) in [6.45, 7) is 3.47. The van der Waals surface area contributed by atoms with E-state index in [2.05, 4.69) is 18.2 Å². The molecule has 4 heteroatoms. The SMILES string of the molecule is CCC(=O)N1CCC(Oc2ccccc2-c2ccc3occcc2-3)CC1. The number of likely N-dealkylation sites (tertiary alicyclic amines) is 1. The first-order chi connectivity index (χ1) is 12.8. The van der Waals surface area contributed by atoms with Crippen molar-refractivity contribution in [2.24, 2.45) is 0 Å². The van der Waals surface area contributed by atoms with Crippen LogP contribution in [0.1, 0.15) is 26.2 Å². The summed E-state index contributed by atoms with van der Waals surface area (Å²) in [5.74, 6) is 2.00.